The summed E-state index contributed by atoms with van der Waals surface area (Å²) in [5.41, 5.74) is 0.628. The number of nitrogens with zero attached hydrogens (tertiary/aromatic N) is 3. The summed E-state index contributed by atoms with van der Waals surface area (Å²) in [6.07, 6.45) is 2.77. The SMILES string of the molecule is CN(Cc1cc(-c2cccnc2F)c(Sc2nccs2)s1)C(=O)OC(C)(C)C. The van der Waals surface area contributed by atoms with Crippen LogP contribution < -0.4 is 0 Å². The normalized spacial score (nSPS) is 11.5. The maximum absolute atomic E-state index is 14.3. The fraction of sp³-hybridized carbons (Fsp3) is 0.316. The molecule has 0 bridgehead atoms. The molecule has 0 aliphatic rings. The molecule has 0 aliphatic heterocycles. The molecule has 1 amide bonds. The van der Waals surface area contributed by atoms with E-state index in [2.05, 4.69) is 9.97 Å². The minimum Gasteiger partial charge on any atom is -0.444 e. The van der Waals surface area contributed by atoms with Crippen LogP contribution >= 0.6 is 34.4 Å². The van der Waals surface area contributed by atoms with Gasteiger partial charge in [-0.1, -0.05) is 0 Å². The molecule has 0 saturated heterocycles. The molecule has 28 heavy (non-hydrogen) atoms. The molecule has 3 aromatic heterocycles. The van der Waals surface area contributed by atoms with E-state index in [9.17, 15) is 9.18 Å². The average Bonchev–Trinajstić information content (AvgIpc) is 3.24. The first-order chi connectivity index (χ1) is 13.2. The second kappa shape index (κ2) is 8.59. The van der Waals surface area contributed by atoms with Crippen LogP contribution in [-0.4, -0.2) is 33.6 Å². The van der Waals surface area contributed by atoms with Crippen LogP contribution in [0.15, 0.2) is 44.5 Å². The lowest BCUT2D eigenvalue weighted by molar-refractivity contribution is 0.0287. The van der Waals surface area contributed by atoms with Crippen molar-refractivity contribution < 1.29 is 13.9 Å². The van der Waals surface area contributed by atoms with Crippen LogP contribution in [0.2, 0.25) is 0 Å². The first-order valence-corrected chi connectivity index (χ1v) is 11.0. The number of pyridine rings is 1. The van der Waals surface area contributed by atoms with E-state index in [1.165, 1.54) is 45.5 Å². The predicted molar refractivity (Wildman–Crippen MR) is 111 cm³/mol. The van der Waals surface area contributed by atoms with Gasteiger partial charge in [0.2, 0.25) is 5.95 Å². The summed E-state index contributed by atoms with van der Waals surface area (Å²) in [6, 6.07) is 5.32. The molecule has 3 aromatic rings. The van der Waals surface area contributed by atoms with E-state index in [4.69, 9.17) is 4.74 Å². The summed E-state index contributed by atoms with van der Waals surface area (Å²) < 4.78 is 21.5. The quantitative estimate of drug-likeness (QED) is 0.464. The summed E-state index contributed by atoms with van der Waals surface area (Å²) >= 11 is 4.52. The van der Waals surface area contributed by atoms with E-state index < -0.39 is 17.6 Å². The molecule has 3 rings (SSSR count). The van der Waals surface area contributed by atoms with Crippen molar-refractivity contribution >= 4 is 40.5 Å². The molecule has 9 heteroatoms. The van der Waals surface area contributed by atoms with Crippen LogP contribution in [0.25, 0.3) is 11.1 Å². The molecule has 5 nitrogen and oxygen atoms in total. The van der Waals surface area contributed by atoms with Gasteiger partial charge in [0.25, 0.3) is 0 Å². The Morgan fingerprint density at radius 3 is 2.71 bits per heavy atom. The molecule has 0 aliphatic carbocycles. The van der Waals surface area contributed by atoms with Crippen molar-refractivity contribution in [3.05, 3.63) is 46.8 Å². The highest BCUT2D eigenvalue weighted by atomic mass is 32.2. The lowest BCUT2D eigenvalue weighted by Crippen LogP contribution is -2.33. The maximum atomic E-state index is 14.3. The summed E-state index contributed by atoms with van der Waals surface area (Å²) in [4.78, 5) is 22.8. The number of amides is 1. The number of aromatic nitrogens is 2. The van der Waals surface area contributed by atoms with Crippen molar-refractivity contribution in [2.75, 3.05) is 7.05 Å². The maximum Gasteiger partial charge on any atom is 0.410 e. The number of carbonyl (C=O) groups excluding carboxylic acids is 1. The van der Waals surface area contributed by atoms with Crippen LogP contribution in [0.3, 0.4) is 0 Å². The number of hydrogen-bond acceptors (Lipinski definition) is 7. The second-order valence-electron chi connectivity index (χ2n) is 6.99. The molecule has 0 aromatic carbocycles. The molecular formula is C19H20FN3O2S3. The first-order valence-electron chi connectivity index (χ1n) is 8.48. The Kier molecular flexibility index (Phi) is 6.36. The van der Waals surface area contributed by atoms with Crippen LogP contribution in [0.5, 0.6) is 0 Å². The van der Waals surface area contributed by atoms with Crippen LogP contribution in [0, 0.1) is 5.95 Å². The third-order valence-corrected chi connectivity index (χ3v) is 6.69. The molecule has 0 fully saturated rings. The smallest absolute Gasteiger partial charge is 0.410 e. The van der Waals surface area contributed by atoms with Crippen molar-refractivity contribution in [2.45, 2.75) is 41.5 Å². The third-order valence-electron chi connectivity index (χ3n) is 3.49. The highest BCUT2D eigenvalue weighted by Crippen LogP contribution is 2.43. The van der Waals surface area contributed by atoms with Crippen LogP contribution in [0.1, 0.15) is 25.6 Å². The highest BCUT2D eigenvalue weighted by Gasteiger charge is 2.22. The zero-order valence-electron chi connectivity index (χ0n) is 15.9. The van der Waals surface area contributed by atoms with Gasteiger partial charge in [0, 0.05) is 40.8 Å². The fourth-order valence-electron chi connectivity index (χ4n) is 2.33. The van der Waals surface area contributed by atoms with E-state index >= 15 is 0 Å². The number of thiophene rings is 1. The summed E-state index contributed by atoms with van der Waals surface area (Å²) in [5.74, 6) is -0.520. The summed E-state index contributed by atoms with van der Waals surface area (Å²) in [7, 11) is 1.69. The van der Waals surface area contributed by atoms with Gasteiger partial charge in [0.1, 0.15) is 5.60 Å². The Bertz CT molecular complexity index is 952. The topological polar surface area (TPSA) is 55.3 Å². The average molecular weight is 438 g/mol. The summed E-state index contributed by atoms with van der Waals surface area (Å²) in [5, 5.41) is 1.90. The monoisotopic (exact) mass is 437 g/mol. The molecule has 3 heterocycles. The largest absolute Gasteiger partial charge is 0.444 e. The van der Waals surface area contributed by atoms with Gasteiger partial charge >= 0.3 is 6.09 Å². The minimum absolute atomic E-state index is 0.368. The number of carbonyl (C=O) groups is 1. The van der Waals surface area contributed by atoms with Gasteiger partial charge in [0.15, 0.2) is 4.34 Å². The molecule has 0 atom stereocenters. The lowest BCUT2D eigenvalue weighted by Gasteiger charge is -2.24. The number of ether oxygens (including phenoxy) is 1. The van der Waals surface area contributed by atoms with E-state index in [0.717, 1.165) is 19.0 Å². The lowest BCUT2D eigenvalue weighted by atomic mass is 10.1. The van der Waals surface area contributed by atoms with Gasteiger partial charge in [-0.2, -0.15) is 4.39 Å². The van der Waals surface area contributed by atoms with Crippen molar-refractivity contribution in [1.82, 2.24) is 14.9 Å². The fourth-order valence-corrected chi connectivity index (χ4v) is 5.68. The van der Waals surface area contributed by atoms with E-state index in [1.807, 2.05) is 32.2 Å². The standard InChI is InChI=1S/C19H20FN3O2S3/c1-19(2,3)25-18(24)23(4)11-12-10-14(13-6-5-7-21-15(13)20)16(27-12)28-17-22-8-9-26-17/h5-10H,11H2,1-4H3. The molecule has 0 spiro atoms. The van der Waals surface area contributed by atoms with Gasteiger partial charge < -0.3 is 9.64 Å². The van der Waals surface area contributed by atoms with Crippen LogP contribution in [-0.2, 0) is 11.3 Å². The van der Waals surface area contributed by atoms with Crippen molar-refractivity contribution in [1.29, 1.82) is 0 Å². The summed E-state index contributed by atoms with van der Waals surface area (Å²) in [6.45, 7) is 5.86. The highest BCUT2D eigenvalue weighted by molar-refractivity contribution is 8.02. The Labute approximate surface area is 175 Å². The number of rotatable bonds is 5. The molecule has 148 valence electrons. The number of hydrogen-bond donors (Lipinski definition) is 0. The molecular weight excluding hydrogens is 417 g/mol. The first kappa shape index (κ1) is 20.8. The van der Waals surface area contributed by atoms with Gasteiger partial charge in [-0.05, 0) is 50.7 Å². The van der Waals surface area contributed by atoms with Crippen molar-refractivity contribution in [3.63, 3.8) is 0 Å². The van der Waals surface area contributed by atoms with Crippen molar-refractivity contribution in [3.8, 4) is 11.1 Å². The second-order valence-corrected chi connectivity index (χ2v) is 10.5. The van der Waals surface area contributed by atoms with Crippen molar-refractivity contribution in [2.24, 2.45) is 0 Å². The molecule has 0 saturated carbocycles. The predicted octanol–water partition coefficient (Wildman–Crippen LogP) is 5.92. The van der Waals surface area contributed by atoms with Gasteiger partial charge in [0.05, 0.1) is 10.8 Å². The zero-order valence-corrected chi connectivity index (χ0v) is 18.4. The number of thiazole rings is 1. The minimum atomic E-state index is -0.559. The van der Waals surface area contributed by atoms with Crippen LogP contribution in [0.4, 0.5) is 9.18 Å². The molecule has 0 radical (unpaired) electrons. The van der Waals surface area contributed by atoms with Gasteiger partial charge in [-0.3, -0.25) is 0 Å². The van der Waals surface area contributed by atoms with E-state index in [0.29, 0.717) is 12.1 Å². The Morgan fingerprint density at radius 2 is 2.07 bits per heavy atom. The molecule has 0 unspecified atom stereocenters. The van der Waals surface area contributed by atoms with Gasteiger partial charge in [-0.15, -0.1) is 22.7 Å². The number of halogens is 1. The zero-order chi connectivity index (χ0) is 20.3. The third kappa shape index (κ3) is 5.30. The van der Waals surface area contributed by atoms with Gasteiger partial charge in [-0.25, -0.2) is 14.8 Å². The Balaban J connectivity index is 1.88. The molecule has 0 N–H and O–H groups in total. The Hall–Kier alpha value is -1.97. The Morgan fingerprint density at radius 1 is 1.29 bits per heavy atom. The van der Waals surface area contributed by atoms with E-state index in [1.54, 1.807) is 25.4 Å². The van der Waals surface area contributed by atoms with E-state index in [-0.39, 0.29) is 0 Å².